The minimum absolute atomic E-state index is 0.200. The molecule has 0 aliphatic rings. The second-order valence-corrected chi connectivity index (χ2v) is 6.79. The molecule has 0 spiro atoms. The lowest BCUT2D eigenvalue weighted by molar-refractivity contribution is 0.397. The van der Waals surface area contributed by atoms with Crippen LogP contribution in [-0.4, -0.2) is 40.5 Å². The van der Waals surface area contributed by atoms with E-state index in [-0.39, 0.29) is 4.90 Å². The van der Waals surface area contributed by atoms with E-state index in [0.29, 0.717) is 18.8 Å². The quantitative estimate of drug-likeness (QED) is 0.560. The highest BCUT2D eigenvalue weighted by Crippen LogP contribution is 2.27. The van der Waals surface area contributed by atoms with Crippen molar-refractivity contribution in [1.29, 1.82) is 0 Å². The van der Waals surface area contributed by atoms with Crippen LogP contribution in [0.5, 0.6) is 5.75 Å². The maximum atomic E-state index is 12.6. The predicted molar refractivity (Wildman–Crippen MR) is 85.0 cm³/mol. The molecule has 0 atom stereocenters. The van der Waals surface area contributed by atoms with Crippen molar-refractivity contribution >= 4 is 10.0 Å². The molecular formula is C15H24N2O3S. The van der Waals surface area contributed by atoms with Crippen molar-refractivity contribution in [3.63, 3.8) is 0 Å². The van der Waals surface area contributed by atoms with E-state index in [4.69, 9.17) is 4.74 Å². The number of sulfonamides is 1. The van der Waals surface area contributed by atoms with Crippen LogP contribution in [0.25, 0.3) is 0 Å². The van der Waals surface area contributed by atoms with Gasteiger partial charge in [-0.3, -0.25) is 0 Å². The van der Waals surface area contributed by atoms with Crippen LogP contribution < -0.4 is 10.1 Å². The van der Waals surface area contributed by atoms with E-state index in [0.717, 1.165) is 18.4 Å². The third-order valence-corrected chi connectivity index (χ3v) is 5.07. The molecule has 0 saturated carbocycles. The molecule has 1 rings (SSSR count). The van der Waals surface area contributed by atoms with Gasteiger partial charge in [-0.05, 0) is 37.6 Å². The molecule has 0 aromatic heterocycles. The van der Waals surface area contributed by atoms with E-state index in [1.807, 2.05) is 7.05 Å². The number of hydrogen-bond acceptors (Lipinski definition) is 4. The lowest BCUT2D eigenvalue weighted by Crippen LogP contribution is -2.28. The van der Waals surface area contributed by atoms with E-state index in [2.05, 4.69) is 11.9 Å². The topological polar surface area (TPSA) is 58.6 Å². The molecule has 5 nitrogen and oxygen atoms in total. The van der Waals surface area contributed by atoms with Crippen molar-refractivity contribution in [2.24, 2.45) is 0 Å². The largest absolute Gasteiger partial charge is 0.495 e. The van der Waals surface area contributed by atoms with Crippen LogP contribution >= 0.6 is 0 Å². The molecular weight excluding hydrogens is 288 g/mol. The number of rotatable bonds is 9. The van der Waals surface area contributed by atoms with E-state index in [1.165, 1.54) is 11.4 Å². The summed E-state index contributed by atoms with van der Waals surface area (Å²) in [4.78, 5) is 0.200. The van der Waals surface area contributed by atoms with Gasteiger partial charge in [-0.1, -0.05) is 12.1 Å². The van der Waals surface area contributed by atoms with Crippen LogP contribution in [0.15, 0.2) is 35.7 Å². The molecule has 0 saturated heterocycles. The monoisotopic (exact) mass is 312 g/mol. The Morgan fingerprint density at radius 1 is 1.43 bits per heavy atom. The van der Waals surface area contributed by atoms with Gasteiger partial charge in [-0.2, -0.15) is 0 Å². The molecule has 0 fully saturated rings. The standard InChI is InChI=1S/C15H24N2O3S/c1-5-6-7-10-17(3)21(18,19)15-9-8-13(12-16-2)11-14(15)20-4/h5,8-9,11,16H,1,6-7,10,12H2,2-4H3. The van der Waals surface area contributed by atoms with Crippen molar-refractivity contribution in [3.8, 4) is 5.75 Å². The lowest BCUT2D eigenvalue weighted by Gasteiger charge is -2.19. The first kappa shape index (κ1) is 17.7. The Bertz CT molecular complexity index is 570. The number of nitrogens with zero attached hydrogens (tertiary/aromatic N) is 1. The molecule has 21 heavy (non-hydrogen) atoms. The first-order valence-corrected chi connectivity index (χ1v) is 8.30. The fraction of sp³-hybridized carbons (Fsp3) is 0.467. The number of hydrogen-bond donors (Lipinski definition) is 1. The van der Waals surface area contributed by atoms with Gasteiger partial charge >= 0.3 is 0 Å². The summed E-state index contributed by atoms with van der Waals surface area (Å²) in [7, 11) is 1.36. The summed E-state index contributed by atoms with van der Waals surface area (Å²) in [5, 5.41) is 3.03. The van der Waals surface area contributed by atoms with Gasteiger partial charge < -0.3 is 10.1 Å². The Kier molecular flexibility index (Phi) is 6.87. The van der Waals surface area contributed by atoms with Crippen LogP contribution in [0.3, 0.4) is 0 Å². The molecule has 0 amide bonds. The van der Waals surface area contributed by atoms with Gasteiger partial charge in [0.1, 0.15) is 10.6 Å². The van der Waals surface area contributed by atoms with Crippen molar-refractivity contribution in [2.75, 3.05) is 27.7 Å². The Morgan fingerprint density at radius 3 is 2.71 bits per heavy atom. The number of unbranched alkanes of at least 4 members (excludes halogenated alkanes) is 1. The van der Waals surface area contributed by atoms with E-state index < -0.39 is 10.0 Å². The molecule has 1 aromatic carbocycles. The Hall–Kier alpha value is -1.37. The molecule has 0 radical (unpaired) electrons. The van der Waals surface area contributed by atoms with Crippen LogP contribution in [0, 0.1) is 0 Å². The summed E-state index contributed by atoms with van der Waals surface area (Å²) in [6, 6.07) is 5.15. The molecule has 0 aliphatic carbocycles. The number of methoxy groups -OCH3 is 1. The second-order valence-electron chi connectivity index (χ2n) is 4.77. The third-order valence-electron chi connectivity index (χ3n) is 3.18. The summed E-state index contributed by atoms with van der Waals surface area (Å²) in [6.07, 6.45) is 3.32. The Morgan fingerprint density at radius 2 is 2.14 bits per heavy atom. The summed E-state index contributed by atoms with van der Waals surface area (Å²) < 4.78 is 31.8. The maximum Gasteiger partial charge on any atom is 0.246 e. The smallest absolute Gasteiger partial charge is 0.246 e. The van der Waals surface area contributed by atoms with Crippen molar-refractivity contribution in [3.05, 3.63) is 36.4 Å². The van der Waals surface area contributed by atoms with Gasteiger partial charge in [0.2, 0.25) is 10.0 Å². The minimum Gasteiger partial charge on any atom is -0.495 e. The fourth-order valence-corrected chi connectivity index (χ4v) is 3.33. The Balaban J connectivity index is 3.03. The zero-order valence-corrected chi connectivity index (χ0v) is 13.7. The lowest BCUT2D eigenvalue weighted by atomic mass is 10.2. The van der Waals surface area contributed by atoms with Crippen LogP contribution in [0.2, 0.25) is 0 Å². The average molecular weight is 312 g/mol. The second kappa shape index (κ2) is 8.17. The molecule has 0 unspecified atom stereocenters. The highest BCUT2D eigenvalue weighted by atomic mass is 32.2. The molecule has 6 heteroatoms. The highest BCUT2D eigenvalue weighted by molar-refractivity contribution is 7.89. The van der Waals surface area contributed by atoms with Gasteiger partial charge in [0.25, 0.3) is 0 Å². The third kappa shape index (κ3) is 4.56. The fourth-order valence-electron chi connectivity index (χ4n) is 1.99. The normalized spacial score (nSPS) is 11.6. The summed E-state index contributed by atoms with van der Waals surface area (Å²) >= 11 is 0. The average Bonchev–Trinajstić information content (AvgIpc) is 2.47. The number of nitrogens with one attached hydrogen (secondary N) is 1. The van der Waals surface area contributed by atoms with Crippen molar-refractivity contribution < 1.29 is 13.2 Å². The van der Waals surface area contributed by atoms with Crippen LogP contribution in [0.4, 0.5) is 0 Å². The van der Waals surface area contributed by atoms with Gasteiger partial charge in [-0.25, -0.2) is 12.7 Å². The number of ether oxygens (including phenoxy) is 1. The van der Waals surface area contributed by atoms with E-state index in [1.54, 1.807) is 31.3 Å². The summed E-state index contributed by atoms with van der Waals surface area (Å²) in [5.41, 5.74) is 0.975. The van der Waals surface area contributed by atoms with Gasteiger partial charge in [-0.15, -0.1) is 6.58 Å². The van der Waals surface area contributed by atoms with Gasteiger partial charge in [0, 0.05) is 20.1 Å². The van der Waals surface area contributed by atoms with Gasteiger partial charge in [0.05, 0.1) is 7.11 Å². The zero-order chi connectivity index (χ0) is 15.9. The molecule has 0 bridgehead atoms. The van der Waals surface area contributed by atoms with E-state index in [9.17, 15) is 8.42 Å². The molecule has 118 valence electrons. The zero-order valence-electron chi connectivity index (χ0n) is 12.9. The molecule has 1 aromatic rings. The summed E-state index contributed by atoms with van der Waals surface area (Å²) in [6.45, 7) is 4.75. The molecule has 1 N–H and O–H groups in total. The SMILES string of the molecule is C=CCCCN(C)S(=O)(=O)c1ccc(CNC)cc1OC. The van der Waals surface area contributed by atoms with Crippen molar-refractivity contribution in [1.82, 2.24) is 9.62 Å². The number of allylic oxidation sites excluding steroid dienone is 1. The first-order chi connectivity index (χ1) is 9.97. The molecule has 0 aliphatic heterocycles. The van der Waals surface area contributed by atoms with E-state index >= 15 is 0 Å². The Labute approximate surface area is 127 Å². The summed E-state index contributed by atoms with van der Waals surface area (Å²) in [5.74, 6) is 0.373. The van der Waals surface area contributed by atoms with Crippen molar-refractivity contribution in [2.45, 2.75) is 24.3 Å². The minimum atomic E-state index is -3.54. The predicted octanol–water partition coefficient (Wildman–Crippen LogP) is 2.00. The van der Waals surface area contributed by atoms with Crippen LogP contribution in [-0.2, 0) is 16.6 Å². The highest BCUT2D eigenvalue weighted by Gasteiger charge is 2.24. The maximum absolute atomic E-state index is 12.6. The van der Waals surface area contributed by atoms with Gasteiger partial charge in [0.15, 0.2) is 0 Å². The first-order valence-electron chi connectivity index (χ1n) is 6.86. The van der Waals surface area contributed by atoms with Crippen LogP contribution in [0.1, 0.15) is 18.4 Å². The molecule has 0 heterocycles. The number of benzene rings is 1.